The Morgan fingerprint density at radius 2 is 1.86 bits per heavy atom. The van der Waals surface area contributed by atoms with E-state index in [2.05, 4.69) is 24.9 Å². The summed E-state index contributed by atoms with van der Waals surface area (Å²) in [5, 5.41) is 7.86. The Labute approximate surface area is 202 Å². The predicted octanol–water partition coefficient (Wildman–Crippen LogP) is 5.01. The van der Waals surface area contributed by atoms with E-state index < -0.39 is 41.0 Å². The van der Waals surface area contributed by atoms with Gasteiger partial charge >= 0.3 is 12.1 Å². The van der Waals surface area contributed by atoms with Gasteiger partial charge in [0.1, 0.15) is 11.3 Å². The van der Waals surface area contributed by atoms with Gasteiger partial charge in [-0.2, -0.15) is 27.9 Å². The fraction of sp³-hybridized carbons (Fsp3) is 0.565. The standard InChI is InChI=1S/C23H24F5N5O3/c1-11(2)18-16-15(35-21(34)23(26,27)28)10-14(24)17(25)19(16)33(30-18)22-29-20(36-31-22)12-6-8-32(9-7-12)13-4-3-5-13/h10-13H,3-9H2,1-2H3. The third-order valence-electron chi connectivity index (χ3n) is 6.91. The molecule has 13 heteroatoms. The van der Waals surface area contributed by atoms with Crippen molar-refractivity contribution in [3.05, 3.63) is 29.3 Å². The van der Waals surface area contributed by atoms with Crippen molar-refractivity contribution in [2.45, 2.75) is 70.0 Å². The van der Waals surface area contributed by atoms with Crippen LogP contribution in [0.3, 0.4) is 0 Å². The number of piperidine rings is 1. The van der Waals surface area contributed by atoms with E-state index in [1.807, 2.05) is 0 Å². The molecule has 1 aromatic carbocycles. The van der Waals surface area contributed by atoms with Gasteiger partial charge in [0, 0.05) is 18.0 Å². The molecule has 3 heterocycles. The van der Waals surface area contributed by atoms with Gasteiger partial charge in [0.05, 0.1) is 11.1 Å². The zero-order valence-electron chi connectivity index (χ0n) is 19.6. The Hall–Kier alpha value is -3.09. The Balaban J connectivity index is 1.51. The smallest absolute Gasteiger partial charge is 0.419 e. The average molecular weight is 513 g/mol. The number of carbonyl (C=O) groups excluding carboxylic acids is 1. The van der Waals surface area contributed by atoms with Gasteiger partial charge in [0.25, 0.3) is 5.95 Å². The van der Waals surface area contributed by atoms with Gasteiger partial charge < -0.3 is 14.2 Å². The van der Waals surface area contributed by atoms with E-state index in [1.54, 1.807) is 13.8 Å². The second kappa shape index (κ2) is 9.09. The summed E-state index contributed by atoms with van der Waals surface area (Å²) < 4.78 is 78.6. The Morgan fingerprint density at radius 1 is 1.17 bits per heavy atom. The van der Waals surface area contributed by atoms with Crippen LogP contribution in [0.4, 0.5) is 22.0 Å². The maximum atomic E-state index is 15.0. The number of fused-ring (bicyclic) bond motifs is 1. The maximum absolute atomic E-state index is 15.0. The molecule has 0 radical (unpaired) electrons. The Kier molecular flexibility index (Phi) is 6.21. The van der Waals surface area contributed by atoms with Crippen LogP contribution in [0.15, 0.2) is 10.6 Å². The van der Waals surface area contributed by atoms with Crippen molar-refractivity contribution >= 4 is 16.9 Å². The van der Waals surface area contributed by atoms with E-state index in [0.717, 1.165) is 30.6 Å². The third kappa shape index (κ3) is 4.33. The van der Waals surface area contributed by atoms with E-state index in [1.165, 1.54) is 19.3 Å². The molecule has 1 aliphatic carbocycles. The molecular weight excluding hydrogens is 489 g/mol. The molecule has 2 fully saturated rings. The topological polar surface area (TPSA) is 86.3 Å². The molecule has 0 bridgehead atoms. The Morgan fingerprint density at radius 3 is 2.44 bits per heavy atom. The van der Waals surface area contributed by atoms with E-state index >= 15 is 4.39 Å². The molecule has 3 aromatic rings. The lowest BCUT2D eigenvalue weighted by Gasteiger charge is -2.41. The van der Waals surface area contributed by atoms with Crippen LogP contribution in [0.2, 0.25) is 0 Å². The molecule has 0 N–H and O–H groups in total. The minimum absolute atomic E-state index is 0.0149. The van der Waals surface area contributed by atoms with Crippen molar-refractivity contribution in [2.75, 3.05) is 13.1 Å². The molecule has 1 saturated heterocycles. The number of hydrogen-bond acceptors (Lipinski definition) is 7. The zero-order chi connectivity index (χ0) is 25.8. The fourth-order valence-electron chi connectivity index (χ4n) is 4.77. The number of rotatable bonds is 5. The van der Waals surface area contributed by atoms with E-state index in [9.17, 15) is 22.4 Å². The van der Waals surface area contributed by atoms with Crippen LogP contribution in [0, 0.1) is 11.6 Å². The van der Waals surface area contributed by atoms with Crippen LogP contribution in [0.1, 0.15) is 69.4 Å². The van der Waals surface area contributed by atoms with E-state index in [0.29, 0.717) is 18.0 Å². The summed E-state index contributed by atoms with van der Waals surface area (Å²) in [6.45, 7) is 5.09. The summed E-state index contributed by atoms with van der Waals surface area (Å²) in [4.78, 5) is 18.3. The van der Waals surface area contributed by atoms with Crippen LogP contribution in [-0.2, 0) is 4.79 Å². The maximum Gasteiger partial charge on any atom is 0.491 e. The van der Waals surface area contributed by atoms with E-state index in [-0.39, 0.29) is 22.9 Å². The average Bonchev–Trinajstić information content (AvgIpc) is 3.41. The largest absolute Gasteiger partial charge is 0.491 e. The molecule has 2 aromatic heterocycles. The number of aromatic nitrogens is 4. The molecule has 0 amide bonds. The minimum Gasteiger partial charge on any atom is -0.419 e. The predicted molar refractivity (Wildman–Crippen MR) is 116 cm³/mol. The molecule has 1 saturated carbocycles. The number of halogens is 5. The molecule has 5 rings (SSSR count). The molecule has 194 valence electrons. The van der Waals surface area contributed by atoms with Crippen LogP contribution >= 0.6 is 0 Å². The van der Waals surface area contributed by atoms with Crippen molar-refractivity contribution in [3.63, 3.8) is 0 Å². The first-order valence-corrected chi connectivity index (χ1v) is 11.8. The van der Waals surface area contributed by atoms with Gasteiger partial charge in [-0.05, 0) is 49.8 Å². The van der Waals surface area contributed by atoms with Crippen molar-refractivity contribution in [1.29, 1.82) is 0 Å². The molecule has 0 unspecified atom stereocenters. The third-order valence-corrected chi connectivity index (χ3v) is 6.91. The first-order valence-electron chi connectivity index (χ1n) is 11.8. The number of hydrogen-bond donors (Lipinski definition) is 0. The number of carbonyl (C=O) groups is 1. The van der Waals surface area contributed by atoms with Gasteiger partial charge in [-0.15, -0.1) is 0 Å². The van der Waals surface area contributed by atoms with Crippen LogP contribution < -0.4 is 4.74 Å². The van der Waals surface area contributed by atoms with Crippen LogP contribution in [0.5, 0.6) is 5.75 Å². The summed E-state index contributed by atoms with van der Waals surface area (Å²) in [6, 6.07) is 1.03. The second-order valence-corrected chi connectivity index (χ2v) is 9.56. The molecule has 2 aliphatic rings. The van der Waals surface area contributed by atoms with Crippen molar-refractivity contribution in [3.8, 4) is 11.7 Å². The number of alkyl halides is 3. The molecule has 36 heavy (non-hydrogen) atoms. The lowest BCUT2D eigenvalue weighted by Crippen LogP contribution is -2.44. The number of ether oxygens (including phenoxy) is 1. The summed E-state index contributed by atoms with van der Waals surface area (Å²) in [7, 11) is 0. The van der Waals surface area contributed by atoms with Gasteiger partial charge in [0.15, 0.2) is 11.6 Å². The first kappa shape index (κ1) is 24.6. The lowest BCUT2D eigenvalue weighted by atomic mass is 9.88. The van der Waals surface area contributed by atoms with Crippen molar-refractivity contribution in [1.82, 2.24) is 24.8 Å². The monoisotopic (exact) mass is 513 g/mol. The van der Waals surface area contributed by atoms with Gasteiger partial charge in [0.2, 0.25) is 5.89 Å². The number of benzene rings is 1. The quantitative estimate of drug-likeness (QED) is 0.269. The highest BCUT2D eigenvalue weighted by Gasteiger charge is 2.42. The molecule has 0 atom stereocenters. The normalized spacial score (nSPS) is 18.2. The van der Waals surface area contributed by atoms with Gasteiger partial charge in [-0.25, -0.2) is 13.6 Å². The van der Waals surface area contributed by atoms with E-state index in [4.69, 9.17) is 4.52 Å². The molecule has 0 spiro atoms. The van der Waals surface area contributed by atoms with Gasteiger partial charge in [-0.3, -0.25) is 0 Å². The highest BCUT2D eigenvalue weighted by atomic mass is 19.4. The SMILES string of the molecule is CC(C)c1nn(-c2noc(C3CCN(C4CCC4)CC3)n2)c2c(F)c(F)cc(OC(=O)C(F)(F)F)c12. The summed E-state index contributed by atoms with van der Waals surface area (Å²) >= 11 is 0. The number of likely N-dealkylation sites (tertiary alicyclic amines) is 1. The highest BCUT2D eigenvalue weighted by Crippen LogP contribution is 2.38. The van der Waals surface area contributed by atoms with Crippen molar-refractivity contribution < 1.29 is 36.0 Å². The molecular formula is C23H24F5N5O3. The van der Waals surface area contributed by atoms with Crippen molar-refractivity contribution in [2.24, 2.45) is 0 Å². The summed E-state index contributed by atoms with van der Waals surface area (Å²) in [5.41, 5.74) is -0.468. The van der Waals surface area contributed by atoms with Crippen LogP contribution in [-0.4, -0.2) is 56.1 Å². The lowest BCUT2D eigenvalue weighted by molar-refractivity contribution is -0.189. The zero-order valence-corrected chi connectivity index (χ0v) is 19.6. The fourth-order valence-corrected chi connectivity index (χ4v) is 4.77. The van der Waals surface area contributed by atoms with Gasteiger partial charge in [-0.1, -0.05) is 20.3 Å². The Bertz CT molecular complexity index is 1290. The van der Waals surface area contributed by atoms with Crippen LogP contribution in [0.25, 0.3) is 16.9 Å². The minimum atomic E-state index is -5.33. The molecule has 8 nitrogen and oxygen atoms in total. The number of nitrogens with zero attached hydrogens (tertiary/aromatic N) is 5. The summed E-state index contributed by atoms with van der Waals surface area (Å²) in [6.07, 6.45) is -0.0553. The second-order valence-electron chi connectivity index (χ2n) is 9.56. The summed E-state index contributed by atoms with van der Waals surface area (Å²) in [5.74, 6) is -6.61. The molecule has 1 aliphatic heterocycles. The number of esters is 1. The highest BCUT2D eigenvalue weighted by molar-refractivity contribution is 5.93. The first-order chi connectivity index (χ1) is 17.0.